The van der Waals surface area contributed by atoms with Gasteiger partial charge in [-0.3, -0.25) is 0 Å². The van der Waals surface area contributed by atoms with Crippen molar-refractivity contribution in [3.8, 4) is 0 Å². The van der Waals surface area contributed by atoms with Gasteiger partial charge in [-0.15, -0.1) is 0 Å². The lowest BCUT2D eigenvalue weighted by Gasteiger charge is -2.01. The summed E-state index contributed by atoms with van der Waals surface area (Å²) in [6.45, 7) is 1.49. The number of aromatic nitrogens is 2. The zero-order valence-corrected chi connectivity index (χ0v) is 13.1. The van der Waals surface area contributed by atoms with E-state index in [4.69, 9.17) is 23.2 Å². The number of halogens is 2. The highest BCUT2D eigenvalue weighted by Crippen LogP contribution is 2.43. The van der Waals surface area contributed by atoms with Gasteiger partial charge in [-0.2, -0.15) is 0 Å². The molecule has 20 heavy (non-hydrogen) atoms. The summed E-state index contributed by atoms with van der Waals surface area (Å²) in [5.41, 5.74) is 0. The van der Waals surface area contributed by atoms with Crippen molar-refractivity contribution in [2.45, 2.75) is 22.1 Å². The molecular weight excluding hydrogens is 345 g/mol. The molecule has 106 valence electrons. The molecule has 0 saturated heterocycles. The van der Waals surface area contributed by atoms with Gasteiger partial charge < -0.3 is 15.2 Å². The topological polar surface area (TPSA) is 89.2 Å². The van der Waals surface area contributed by atoms with Crippen molar-refractivity contribution < 1.29 is 10.0 Å². The van der Waals surface area contributed by atoms with Crippen molar-refractivity contribution in [2.24, 2.45) is 0 Å². The minimum absolute atomic E-state index is 0.236. The number of hydrogen-bond acceptors (Lipinski definition) is 7. The van der Waals surface area contributed by atoms with Crippen LogP contribution in [0.1, 0.15) is 18.0 Å². The van der Waals surface area contributed by atoms with E-state index in [2.05, 4.69) is 9.97 Å². The number of nitro groups is 1. The maximum absolute atomic E-state index is 11.0. The first-order chi connectivity index (χ1) is 9.38. The molecule has 0 spiro atoms. The minimum Gasteiger partial charge on any atom is -0.384 e. The molecule has 2 heterocycles. The lowest BCUT2D eigenvalue weighted by molar-refractivity contribution is -0.391. The van der Waals surface area contributed by atoms with Gasteiger partial charge in [0, 0.05) is 11.1 Å². The molecule has 0 aliphatic rings. The molecule has 0 radical (unpaired) electrons. The molecule has 1 atom stereocenters. The first-order valence-electron chi connectivity index (χ1n) is 5.20. The molecule has 1 N–H and O–H groups in total. The summed E-state index contributed by atoms with van der Waals surface area (Å²) >= 11 is 13.9. The molecule has 0 aliphatic heterocycles. The Morgan fingerprint density at radius 1 is 1.55 bits per heavy atom. The SMILES string of the molecule is CC(O)c1nc([N+](=O)[O-])c(Sc2cc(Cl)ncc2Cl)s1. The summed E-state index contributed by atoms with van der Waals surface area (Å²) in [6.07, 6.45) is 0.499. The van der Waals surface area contributed by atoms with Gasteiger partial charge in [0.2, 0.25) is 5.01 Å². The number of pyridine rings is 1. The van der Waals surface area contributed by atoms with Gasteiger partial charge in [0.15, 0.2) is 4.21 Å². The van der Waals surface area contributed by atoms with Crippen molar-refractivity contribution in [3.05, 3.63) is 37.6 Å². The number of rotatable bonds is 4. The fraction of sp³-hybridized carbons (Fsp3) is 0.200. The first kappa shape index (κ1) is 15.5. The van der Waals surface area contributed by atoms with Crippen molar-refractivity contribution in [2.75, 3.05) is 0 Å². The predicted molar refractivity (Wildman–Crippen MR) is 77.8 cm³/mol. The Kier molecular flexibility index (Phi) is 4.82. The van der Waals surface area contributed by atoms with Crippen LogP contribution in [-0.4, -0.2) is 20.0 Å². The lowest BCUT2D eigenvalue weighted by Crippen LogP contribution is -1.92. The molecule has 0 fully saturated rings. The lowest BCUT2D eigenvalue weighted by atomic mass is 10.4. The molecule has 0 amide bonds. The average molecular weight is 352 g/mol. The number of hydrogen-bond donors (Lipinski definition) is 1. The third kappa shape index (κ3) is 3.39. The smallest absolute Gasteiger partial charge is 0.384 e. The molecule has 0 aromatic carbocycles. The maximum Gasteiger partial charge on any atom is 0.389 e. The number of thiazole rings is 1. The van der Waals surface area contributed by atoms with E-state index in [-0.39, 0.29) is 16.0 Å². The Bertz CT molecular complexity index is 663. The minimum atomic E-state index is -0.871. The van der Waals surface area contributed by atoms with E-state index in [0.717, 1.165) is 23.1 Å². The molecule has 2 aromatic rings. The molecular formula is C10H7Cl2N3O3S2. The van der Waals surface area contributed by atoms with Gasteiger partial charge >= 0.3 is 5.82 Å². The highest BCUT2D eigenvalue weighted by atomic mass is 35.5. The van der Waals surface area contributed by atoms with Crippen LogP contribution in [0.2, 0.25) is 10.2 Å². The van der Waals surface area contributed by atoms with Crippen molar-refractivity contribution in [1.29, 1.82) is 0 Å². The van der Waals surface area contributed by atoms with Gasteiger partial charge in [-0.05, 0) is 22.9 Å². The summed E-state index contributed by atoms with van der Waals surface area (Å²) in [7, 11) is 0. The number of nitrogens with zero attached hydrogens (tertiary/aromatic N) is 3. The van der Waals surface area contributed by atoms with Crippen LogP contribution in [0.5, 0.6) is 0 Å². The van der Waals surface area contributed by atoms with Crippen LogP contribution >= 0.6 is 46.3 Å². The normalized spacial score (nSPS) is 12.4. The molecule has 6 nitrogen and oxygen atoms in total. The Labute approximate surface area is 131 Å². The van der Waals surface area contributed by atoms with Gasteiger partial charge in [0.1, 0.15) is 11.3 Å². The van der Waals surface area contributed by atoms with E-state index >= 15 is 0 Å². The molecule has 10 heteroatoms. The Hall–Kier alpha value is -0.930. The number of aliphatic hydroxyl groups is 1. The Morgan fingerprint density at radius 2 is 2.25 bits per heavy atom. The second-order valence-corrected chi connectivity index (χ2v) is 6.77. The Morgan fingerprint density at radius 3 is 2.85 bits per heavy atom. The van der Waals surface area contributed by atoms with E-state index in [9.17, 15) is 15.2 Å². The largest absolute Gasteiger partial charge is 0.389 e. The molecule has 0 aliphatic carbocycles. The molecule has 2 aromatic heterocycles. The quantitative estimate of drug-likeness (QED) is 0.509. The van der Waals surface area contributed by atoms with E-state index in [1.165, 1.54) is 19.2 Å². The first-order valence-corrected chi connectivity index (χ1v) is 7.59. The van der Waals surface area contributed by atoms with Crippen LogP contribution < -0.4 is 0 Å². The molecule has 2 rings (SSSR count). The van der Waals surface area contributed by atoms with E-state index in [0.29, 0.717) is 14.1 Å². The number of aliphatic hydroxyl groups excluding tert-OH is 1. The predicted octanol–water partition coefficient (Wildman–Crippen LogP) is 3.96. The van der Waals surface area contributed by atoms with Crippen molar-refractivity contribution in [3.63, 3.8) is 0 Å². The monoisotopic (exact) mass is 351 g/mol. The average Bonchev–Trinajstić information content (AvgIpc) is 2.78. The summed E-state index contributed by atoms with van der Waals surface area (Å²) < 4.78 is 0.329. The standard InChI is InChI=1S/C10H7Cl2N3O3S2/c1-4(16)9-14-8(15(17)18)10(20-9)19-6-2-7(12)13-3-5(6)11/h2-4,16H,1H3. The van der Waals surface area contributed by atoms with Crippen LogP contribution in [0.4, 0.5) is 5.82 Å². The zero-order valence-electron chi connectivity index (χ0n) is 9.91. The van der Waals surface area contributed by atoms with E-state index in [1.807, 2.05) is 0 Å². The van der Waals surface area contributed by atoms with Crippen LogP contribution in [0.25, 0.3) is 0 Å². The van der Waals surface area contributed by atoms with E-state index in [1.54, 1.807) is 0 Å². The Balaban J connectivity index is 2.42. The van der Waals surface area contributed by atoms with Gasteiger partial charge in [-0.1, -0.05) is 46.3 Å². The fourth-order valence-corrected chi connectivity index (χ4v) is 3.82. The summed E-state index contributed by atoms with van der Waals surface area (Å²) in [5, 5.41) is 21.3. The van der Waals surface area contributed by atoms with E-state index < -0.39 is 11.0 Å². The molecule has 1 unspecified atom stereocenters. The highest BCUT2D eigenvalue weighted by molar-refractivity contribution is 8.01. The van der Waals surface area contributed by atoms with Crippen LogP contribution in [0, 0.1) is 10.1 Å². The van der Waals surface area contributed by atoms with Gasteiger partial charge in [0.25, 0.3) is 0 Å². The molecule has 0 bridgehead atoms. The van der Waals surface area contributed by atoms with Crippen LogP contribution in [0.15, 0.2) is 21.4 Å². The maximum atomic E-state index is 11.0. The highest BCUT2D eigenvalue weighted by Gasteiger charge is 2.26. The van der Waals surface area contributed by atoms with Crippen LogP contribution in [-0.2, 0) is 0 Å². The van der Waals surface area contributed by atoms with Gasteiger partial charge in [-0.25, -0.2) is 4.98 Å². The van der Waals surface area contributed by atoms with Crippen molar-refractivity contribution in [1.82, 2.24) is 9.97 Å². The summed E-state index contributed by atoms with van der Waals surface area (Å²) in [5.74, 6) is -0.306. The third-order valence-corrected chi connectivity index (χ3v) is 5.17. The summed E-state index contributed by atoms with van der Waals surface area (Å²) in [4.78, 5) is 18.5. The molecule has 0 saturated carbocycles. The van der Waals surface area contributed by atoms with Crippen LogP contribution in [0.3, 0.4) is 0 Å². The van der Waals surface area contributed by atoms with Gasteiger partial charge in [0.05, 0.1) is 5.02 Å². The zero-order chi connectivity index (χ0) is 14.9. The summed E-state index contributed by atoms with van der Waals surface area (Å²) in [6, 6.07) is 1.51. The second-order valence-electron chi connectivity index (χ2n) is 3.64. The third-order valence-electron chi connectivity index (χ3n) is 2.12. The van der Waals surface area contributed by atoms with Crippen molar-refractivity contribution >= 4 is 52.1 Å². The second kappa shape index (κ2) is 6.23. The fourth-order valence-electron chi connectivity index (χ4n) is 1.25.